The normalized spacial score (nSPS) is 14.8. The van der Waals surface area contributed by atoms with Crippen LogP contribution in [0.5, 0.6) is 5.75 Å². The summed E-state index contributed by atoms with van der Waals surface area (Å²) < 4.78 is 0. The summed E-state index contributed by atoms with van der Waals surface area (Å²) in [6.07, 6.45) is 3.13. The molecule has 2 aromatic rings. The Bertz CT molecular complexity index is 1110. The van der Waals surface area contributed by atoms with Gasteiger partial charge in [-0.05, 0) is 61.9 Å². The highest BCUT2D eigenvalue weighted by molar-refractivity contribution is 6.36. The topological polar surface area (TPSA) is 107 Å². The highest BCUT2D eigenvalue weighted by Gasteiger charge is 2.48. The van der Waals surface area contributed by atoms with Crippen molar-refractivity contribution in [1.29, 1.82) is 0 Å². The van der Waals surface area contributed by atoms with E-state index in [-0.39, 0.29) is 47.5 Å². The van der Waals surface area contributed by atoms with Crippen LogP contribution >= 0.6 is 23.2 Å². The average Bonchev–Trinajstić information content (AvgIpc) is 2.91. The van der Waals surface area contributed by atoms with E-state index in [1.54, 1.807) is 49.1 Å². The lowest BCUT2D eigenvalue weighted by Crippen LogP contribution is -2.53. The Morgan fingerprint density at radius 2 is 1.58 bits per heavy atom. The lowest BCUT2D eigenvalue weighted by molar-refractivity contribution is -0.221. The van der Waals surface area contributed by atoms with Crippen molar-refractivity contribution >= 4 is 41.0 Å². The van der Waals surface area contributed by atoms with Gasteiger partial charge in [0, 0.05) is 35.1 Å². The van der Waals surface area contributed by atoms with Crippen LogP contribution in [0.15, 0.2) is 42.5 Å². The first-order valence-electron chi connectivity index (χ1n) is 12.8. The Kier molecular flexibility index (Phi) is 10.4. The number of aliphatic carboxylic acids is 1. The summed E-state index contributed by atoms with van der Waals surface area (Å²) in [6.45, 7) is 4.46. The maximum Gasteiger partial charge on any atom is 0.340 e. The largest absolute Gasteiger partial charge is 0.508 e. The van der Waals surface area contributed by atoms with Gasteiger partial charge in [-0.2, -0.15) is 0 Å². The van der Waals surface area contributed by atoms with E-state index in [0.717, 1.165) is 24.3 Å². The standard InChI is InChI=1S/C28H34Cl2N2O6/c1-3-28(4-2,26(36)31-15-6-5-7-16-31)27(37)38-32(18-21-22(29)9-8-10-23(21)30)24(25(34)35)17-19-11-13-20(33)14-12-19/h8-14,24,33H,3-7,15-18H2,1-2H3,(H,34,35)/t24-/m0/s1. The fourth-order valence-electron chi connectivity index (χ4n) is 4.73. The Balaban J connectivity index is 1.98. The fraction of sp³-hybridized carbons (Fsp3) is 0.464. The minimum absolute atomic E-state index is 0.0404. The van der Waals surface area contributed by atoms with Gasteiger partial charge in [0.05, 0.1) is 6.54 Å². The second kappa shape index (κ2) is 13.3. The third-order valence-corrected chi connectivity index (χ3v) is 7.93. The minimum atomic E-state index is -1.46. The van der Waals surface area contributed by atoms with Gasteiger partial charge in [0.1, 0.15) is 17.2 Å². The lowest BCUT2D eigenvalue weighted by atomic mass is 9.80. The average molecular weight is 565 g/mol. The minimum Gasteiger partial charge on any atom is -0.508 e. The van der Waals surface area contributed by atoms with Gasteiger partial charge in [-0.25, -0.2) is 4.79 Å². The molecule has 0 aromatic heterocycles. The molecule has 1 amide bonds. The molecule has 0 spiro atoms. The molecule has 1 fully saturated rings. The first-order valence-corrected chi connectivity index (χ1v) is 13.6. The molecule has 1 aliphatic heterocycles. The number of rotatable bonds is 11. The molecule has 2 N–H and O–H groups in total. The van der Waals surface area contributed by atoms with Crippen LogP contribution in [0.25, 0.3) is 0 Å². The van der Waals surface area contributed by atoms with E-state index < -0.39 is 23.4 Å². The van der Waals surface area contributed by atoms with E-state index in [1.807, 2.05) is 0 Å². The number of carboxylic acids is 1. The first-order chi connectivity index (χ1) is 18.1. The van der Waals surface area contributed by atoms with Crippen molar-refractivity contribution < 1.29 is 29.4 Å². The molecule has 206 valence electrons. The number of piperidine rings is 1. The van der Waals surface area contributed by atoms with Crippen LogP contribution in [0.4, 0.5) is 0 Å². The predicted octanol–water partition coefficient (Wildman–Crippen LogP) is 5.47. The molecule has 0 radical (unpaired) electrons. The molecule has 0 bridgehead atoms. The monoisotopic (exact) mass is 564 g/mol. The van der Waals surface area contributed by atoms with E-state index in [0.29, 0.717) is 24.2 Å². The molecule has 2 aromatic carbocycles. The number of hydrogen-bond donors (Lipinski definition) is 2. The van der Waals surface area contributed by atoms with Crippen LogP contribution in [0.2, 0.25) is 10.0 Å². The maximum absolute atomic E-state index is 13.8. The quantitative estimate of drug-likeness (QED) is 0.275. The van der Waals surface area contributed by atoms with Crippen LogP contribution in [0.1, 0.15) is 57.1 Å². The van der Waals surface area contributed by atoms with Crippen LogP contribution in [-0.2, 0) is 32.2 Å². The summed E-state index contributed by atoms with van der Waals surface area (Å²) in [4.78, 5) is 47.5. The number of halogens is 2. The molecule has 1 saturated heterocycles. The van der Waals surface area contributed by atoms with Crippen LogP contribution < -0.4 is 0 Å². The summed E-state index contributed by atoms with van der Waals surface area (Å²) in [5.41, 5.74) is -0.466. The number of amides is 1. The zero-order valence-electron chi connectivity index (χ0n) is 21.7. The lowest BCUT2D eigenvalue weighted by Gasteiger charge is -2.38. The number of hydrogen-bond acceptors (Lipinski definition) is 6. The van der Waals surface area contributed by atoms with Gasteiger partial charge in [-0.1, -0.05) is 55.2 Å². The molecule has 1 heterocycles. The number of benzene rings is 2. The fourth-order valence-corrected chi connectivity index (χ4v) is 5.25. The van der Waals surface area contributed by atoms with Gasteiger partial charge in [-0.3, -0.25) is 9.59 Å². The number of hydroxylamine groups is 2. The predicted molar refractivity (Wildman–Crippen MR) is 145 cm³/mol. The number of carbonyl (C=O) groups is 3. The third kappa shape index (κ3) is 6.79. The van der Waals surface area contributed by atoms with Crippen LogP contribution in [-0.4, -0.2) is 57.2 Å². The zero-order chi connectivity index (χ0) is 27.9. The summed E-state index contributed by atoms with van der Waals surface area (Å²) in [7, 11) is 0. The van der Waals surface area contributed by atoms with Crippen molar-refractivity contribution in [3.63, 3.8) is 0 Å². The van der Waals surface area contributed by atoms with Gasteiger partial charge in [0.15, 0.2) is 0 Å². The Hall–Kier alpha value is -2.81. The first kappa shape index (κ1) is 29.7. The number of nitrogens with zero attached hydrogens (tertiary/aromatic N) is 2. The SMILES string of the molecule is CCC(CC)(C(=O)ON(Cc1c(Cl)cccc1Cl)[C@@H](Cc1ccc(O)cc1)C(=O)O)C(=O)N1CCCCC1. The second-order valence-corrected chi connectivity index (χ2v) is 10.3. The van der Waals surface area contributed by atoms with Crippen molar-refractivity contribution in [2.24, 2.45) is 5.41 Å². The number of phenolic OH excluding ortho intramolecular Hbond substituents is 1. The van der Waals surface area contributed by atoms with Gasteiger partial charge in [0.2, 0.25) is 5.91 Å². The van der Waals surface area contributed by atoms with Crippen molar-refractivity contribution in [3.8, 4) is 5.75 Å². The third-order valence-electron chi connectivity index (χ3n) is 7.22. The summed E-state index contributed by atoms with van der Waals surface area (Å²) in [5, 5.41) is 21.4. The number of likely N-dealkylation sites (tertiary alicyclic amines) is 1. The summed E-state index contributed by atoms with van der Waals surface area (Å²) in [6, 6.07) is 9.64. The molecule has 10 heteroatoms. The zero-order valence-corrected chi connectivity index (χ0v) is 23.2. The van der Waals surface area contributed by atoms with Gasteiger partial charge in [-0.15, -0.1) is 5.06 Å². The second-order valence-electron chi connectivity index (χ2n) is 9.52. The number of aromatic hydroxyl groups is 1. The maximum atomic E-state index is 13.8. The highest BCUT2D eigenvalue weighted by Crippen LogP contribution is 2.34. The molecule has 0 unspecified atom stereocenters. The van der Waals surface area contributed by atoms with Crippen LogP contribution in [0, 0.1) is 5.41 Å². The number of carbonyl (C=O) groups excluding carboxylic acids is 2. The summed E-state index contributed by atoms with van der Waals surface area (Å²) in [5.74, 6) is -2.31. The van der Waals surface area contributed by atoms with Gasteiger partial charge >= 0.3 is 11.9 Å². The smallest absolute Gasteiger partial charge is 0.340 e. The van der Waals surface area contributed by atoms with Crippen molar-refractivity contribution in [3.05, 3.63) is 63.6 Å². The van der Waals surface area contributed by atoms with Gasteiger partial charge in [0.25, 0.3) is 0 Å². The Morgan fingerprint density at radius 3 is 2.11 bits per heavy atom. The number of phenols is 1. The Labute approximate surface area is 233 Å². The van der Waals surface area contributed by atoms with Crippen molar-refractivity contribution in [1.82, 2.24) is 9.96 Å². The van der Waals surface area contributed by atoms with E-state index >= 15 is 0 Å². The molecule has 0 aliphatic carbocycles. The molecule has 1 atom stereocenters. The summed E-state index contributed by atoms with van der Waals surface area (Å²) >= 11 is 12.8. The van der Waals surface area contributed by atoms with Gasteiger partial charge < -0.3 is 20.0 Å². The van der Waals surface area contributed by atoms with E-state index in [4.69, 9.17) is 28.0 Å². The van der Waals surface area contributed by atoms with E-state index in [2.05, 4.69) is 0 Å². The van der Waals surface area contributed by atoms with Crippen molar-refractivity contribution in [2.45, 2.75) is 65.0 Å². The van der Waals surface area contributed by atoms with E-state index in [9.17, 15) is 24.6 Å². The molecular weight excluding hydrogens is 531 g/mol. The number of carboxylic acid groups (broad SMARTS) is 1. The van der Waals surface area contributed by atoms with Crippen LogP contribution in [0.3, 0.4) is 0 Å². The molecule has 38 heavy (non-hydrogen) atoms. The highest BCUT2D eigenvalue weighted by atomic mass is 35.5. The molecule has 0 saturated carbocycles. The van der Waals surface area contributed by atoms with Crippen molar-refractivity contribution in [2.75, 3.05) is 13.1 Å². The molecule has 3 rings (SSSR count). The molecular formula is C28H34Cl2N2O6. The molecule has 1 aliphatic rings. The Morgan fingerprint density at radius 1 is 1.00 bits per heavy atom. The molecule has 8 nitrogen and oxygen atoms in total. The van der Waals surface area contributed by atoms with E-state index in [1.165, 1.54) is 12.1 Å².